The number of benzene rings is 2. The SMILES string of the molecule is COc1ccc(NC(=O)NCC2(c3ccccc3)CC2)cc1N1CCCC1=O. The lowest BCUT2D eigenvalue weighted by molar-refractivity contribution is -0.117. The summed E-state index contributed by atoms with van der Waals surface area (Å²) in [6.45, 7) is 1.28. The highest BCUT2D eigenvalue weighted by Crippen LogP contribution is 2.47. The number of anilines is 2. The number of nitrogens with one attached hydrogen (secondary N) is 2. The molecule has 0 aromatic heterocycles. The summed E-state index contributed by atoms with van der Waals surface area (Å²) in [4.78, 5) is 26.3. The minimum absolute atomic E-state index is 0.0611. The second-order valence-electron chi connectivity index (χ2n) is 7.49. The third kappa shape index (κ3) is 3.67. The van der Waals surface area contributed by atoms with E-state index in [0.717, 1.165) is 19.3 Å². The molecular formula is C22H25N3O3. The number of ether oxygens (including phenoxy) is 1. The quantitative estimate of drug-likeness (QED) is 0.804. The molecule has 0 unspecified atom stereocenters. The minimum atomic E-state index is -0.244. The average molecular weight is 379 g/mol. The van der Waals surface area contributed by atoms with Crippen molar-refractivity contribution in [2.75, 3.05) is 30.4 Å². The van der Waals surface area contributed by atoms with Crippen LogP contribution in [0, 0.1) is 0 Å². The van der Waals surface area contributed by atoms with Gasteiger partial charge in [-0.1, -0.05) is 30.3 Å². The van der Waals surface area contributed by atoms with Crippen molar-refractivity contribution in [3.05, 3.63) is 54.1 Å². The molecule has 28 heavy (non-hydrogen) atoms. The summed E-state index contributed by atoms with van der Waals surface area (Å²) in [6.07, 6.45) is 3.55. The first-order valence-corrected chi connectivity index (χ1v) is 9.70. The van der Waals surface area contributed by atoms with Crippen molar-refractivity contribution in [3.63, 3.8) is 0 Å². The molecule has 0 bridgehead atoms. The molecule has 2 fully saturated rings. The Morgan fingerprint density at radius 3 is 2.61 bits per heavy atom. The topological polar surface area (TPSA) is 70.7 Å². The molecule has 6 nitrogen and oxygen atoms in total. The van der Waals surface area contributed by atoms with E-state index in [1.54, 1.807) is 30.2 Å². The van der Waals surface area contributed by atoms with Crippen LogP contribution < -0.4 is 20.3 Å². The van der Waals surface area contributed by atoms with E-state index in [9.17, 15) is 9.59 Å². The zero-order valence-electron chi connectivity index (χ0n) is 16.0. The standard InChI is InChI=1S/C22H25N3O3/c1-28-19-10-9-17(14-18(19)25-13-5-8-20(25)26)24-21(27)23-15-22(11-12-22)16-6-3-2-4-7-16/h2-4,6-7,9-10,14H,5,8,11-13,15H2,1H3,(H2,23,24,27). The number of carbonyl (C=O) groups is 2. The van der Waals surface area contributed by atoms with Crippen LogP contribution >= 0.6 is 0 Å². The number of hydrogen-bond acceptors (Lipinski definition) is 3. The van der Waals surface area contributed by atoms with Crippen molar-refractivity contribution in [1.82, 2.24) is 5.32 Å². The maximum Gasteiger partial charge on any atom is 0.319 e. The number of hydrogen-bond donors (Lipinski definition) is 2. The number of nitrogens with zero attached hydrogens (tertiary/aromatic N) is 1. The fraction of sp³-hybridized carbons (Fsp3) is 0.364. The number of carbonyl (C=O) groups excluding carboxylic acids is 2. The van der Waals surface area contributed by atoms with Crippen molar-refractivity contribution in [2.24, 2.45) is 0 Å². The van der Waals surface area contributed by atoms with Crippen LogP contribution in [0.25, 0.3) is 0 Å². The summed E-state index contributed by atoms with van der Waals surface area (Å²) in [6, 6.07) is 15.4. The van der Waals surface area contributed by atoms with E-state index in [0.29, 0.717) is 36.6 Å². The molecule has 2 aromatic rings. The molecule has 1 saturated carbocycles. The van der Waals surface area contributed by atoms with E-state index >= 15 is 0 Å². The fourth-order valence-electron chi connectivity index (χ4n) is 3.82. The van der Waals surface area contributed by atoms with Gasteiger partial charge in [0.2, 0.25) is 5.91 Å². The van der Waals surface area contributed by atoms with Crippen LogP contribution in [0.4, 0.5) is 16.2 Å². The zero-order valence-corrected chi connectivity index (χ0v) is 16.0. The van der Waals surface area contributed by atoms with Crippen LogP contribution in [0.1, 0.15) is 31.2 Å². The maximum atomic E-state index is 12.4. The Bertz CT molecular complexity index is 878. The van der Waals surface area contributed by atoms with Gasteiger partial charge in [-0.3, -0.25) is 4.79 Å². The third-order valence-electron chi connectivity index (χ3n) is 5.63. The number of methoxy groups -OCH3 is 1. The Morgan fingerprint density at radius 2 is 1.96 bits per heavy atom. The highest BCUT2D eigenvalue weighted by Gasteiger charge is 2.44. The van der Waals surface area contributed by atoms with Crippen LogP contribution in [0.5, 0.6) is 5.75 Å². The molecule has 2 aromatic carbocycles. The van der Waals surface area contributed by atoms with Gasteiger partial charge >= 0.3 is 6.03 Å². The predicted molar refractivity (Wildman–Crippen MR) is 109 cm³/mol. The van der Waals surface area contributed by atoms with Crippen LogP contribution in [-0.2, 0) is 10.2 Å². The zero-order chi connectivity index (χ0) is 19.6. The van der Waals surface area contributed by atoms with Gasteiger partial charge in [-0.25, -0.2) is 4.79 Å². The predicted octanol–water partition coefficient (Wildman–Crippen LogP) is 3.68. The number of rotatable bonds is 6. The molecule has 3 amide bonds. The van der Waals surface area contributed by atoms with E-state index < -0.39 is 0 Å². The number of urea groups is 1. The van der Waals surface area contributed by atoms with Crippen molar-refractivity contribution >= 4 is 23.3 Å². The van der Waals surface area contributed by atoms with Gasteiger partial charge in [0.25, 0.3) is 0 Å². The van der Waals surface area contributed by atoms with Crippen LogP contribution in [0.2, 0.25) is 0 Å². The van der Waals surface area contributed by atoms with Gasteiger partial charge in [-0.05, 0) is 43.0 Å². The summed E-state index contributed by atoms with van der Waals surface area (Å²) >= 11 is 0. The van der Waals surface area contributed by atoms with Gasteiger partial charge < -0.3 is 20.3 Å². The van der Waals surface area contributed by atoms with Gasteiger partial charge in [0, 0.05) is 30.6 Å². The summed E-state index contributed by atoms with van der Waals surface area (Å²) in [5.41, 5.74) is 2.67. The monoisotopic (exact) mass is 379 g/mol. The lowest BCUT2D eigenvalue weighted by Gasteiger charge is -2.20. The molecule has 146 valence electrons. The van der Waals surface area contributed by atoms with Crippen molar-refractivity contribution in [3.8, 4) is 5.75 Å². The third-order valence-corrected chi connectivity index (χ3v) is 5.63. The van der Waals surface area contributed by atoms with E-state index in [1.165, 1.54) is 5.56 Å². The highest BCUT2D eigenvalue weighted by atomic mass is 16.5. The van der Waals surface area contributed by atoms with Gasteiger partial charge in [0.15, 0.2) is 0 Å². The Labute approximate surface area is 164 Å². The van der Waals surface area contributed by atoms with E-state index in [2.05, 4.69) is 22.8 Å². The minimum Gasteiger partial charge on any atom is -0.495 e. The van der Waals surface area contributed by atoms with E-state index in [1.807, 2.05) is 18.2 Å². The van der Waals surface area contributed by atoms with Crippen LogP contribution in [0.15, 0.2) is 48.5 Å². The summed E-state index contributed by atoms with van der Waals surface area (Å²) in [7, 11) is 1.58. The average Bonchev–Trinajstić information content (AvgIpc) is 3.40. The fourth-order valence-corrected chi connectivity index (χ4v) is 3.82. The molecule has 4 rings (SSSR count). The smallest absolute Gasteiger partial charge is 0.319 e. The van der Waals surface area contributed by atoms with Crippen molar-refractivity contribution in [1.29, 1.82) is 0 Å². The van der Waals surface area contributed by atoms with E-state index in [-0.39, 0.29) is 17.4 Å². The van der Waals surface area contributed by atoms with Crippen molar-refractivity contribution in [2.45, 2.75) is 31.1 Å². The van der Waals surface area contributed by atoms with Gasteiger partial charge in [-0.15, -0.1) is 0 Å². The lowest BCUT2D eigenvalue weighted by Crippen LogP contribution is -2.35. The first kappa shape index (κ1) is 18.3. The molecule has 2 aliphatic rings. The largest absolute Gasteiger partial charge is 0.495 e. The van der Waals surface area contributed by atoms with Gasteiger partial charge in [0.1, 0.15) is 5.75 Å². The first-order chi connectivity index (χ1) is 13.6. The summed E-state index contributed by atoms with van der Waals surface area (Å²) in [5.74, 6) is 0.709. The first-order valence-electron chi connectivity index (χ1n) is 9.70. The van der Waals surface area contributed by atoms with E-state index in [4.69, 9.17) is 4.74 Å². The molecule has 1 saturated heterocycles. The maximum absolute atomic E-state index is 12.4. The lowest BCUT2D eigenvalue weighted by atomic mass is 9.96. The van der Waals surface area contributed by atoms with Crippen LogP contribution in [-0.4, -0.2) is 32.1 Å². The molecule has 0 radical (unpaired) electrons. The molecular weight excluding hydrogens is 354 g/mol. The van der Waals surface area contributed by atoms with Gasteiger partial charge in [-0.2, -0.15) is 0 Å². The Balaban J connectivity index is 1.41. The van der Waals surface area contributed by atoms with Crippen molar-refractivity contribution < 1.29 is 14.3 Å². The normalized spacial score (nSPS) is 17.3. The summed E-state index contributed by atoms with van der Waals surface area (Å²) < 4.78 is 5.39. The van der Waals surface area contributed by atoms with Crippen LogP contribution in [0.3, 0.4) is 0 Å². The molecule has 1 aliphatic heterocycles. The molecule has 1 aliphatic carbocycles. The second kappa shape index (κ2) is 7.54. The summed E-state index contributed by atoms with van der Waals surface area (Å²) in [5, 5.41) is 5.88. The molecule has 2 N–H and O–H groups in total. The Kier molecular flexibility index (Phi) is 4.94. The second-order valence-corrected chi connectivity index (χ2v) is 7.49. The Hall–Kier alpha value is -3.02. The molecule has 1 heterocycles. The number of amides is 3. The van der Waals surface area contributed by atoms with Gasteiger partial charge in [0.05, 0.1) is 12.8 Å². The Morgan fingerprint density at radius 1 is 1.18 bits per heavy atom. The highest BCUT2D eigenvalue weighted by molar-refractivity contribution is 5.98. The molecule has 0 spiro atoms. The molecule has 0 atom stereocenters. The molecule has 6 heteroatoms.